The molecule has 0 heterocycles. The summed E-state index contributed by atoms with van der Waals surface area (Å²) in [5.74, 6) is 3.09. The van der Waals surface area contributed by atoms with Crippen molar-refractivity contribution in [3.05, 3.63) is 0 Å². The van der Waals surface area contributed by atoms with E-state index in [0.29, 0.717) is 0 Å². The Labute approximate surface area is 71.4 Å². The van der Waals surface area contributed by atoms with Crippen molar-refractivity contribution in [1.29, 1.82) is 0 Å². The summed E-state index contributed by atoms with van der Waals surface area (Å²) < 4.78 is 0. The molecule has 11 heavy (non-hydrogen) atoms. The Balaban J connectivity index is 2.43. The summed E-state index contributed by atoms with van der Waals surface area (Å²) in [6.45, 7) is 7.13. The standard InChI is InChI=1S/C11H22/c1-4-10(5-2)11-8-6-7-9(11)3/h9-11H,4-8H2,1-3H3/t9-,11+/m1/s1. The maximum atomic E-state index is 2.44. The zero-order valence-electron chi connectivity index (χ0n) is 8.27. The predicted molar refractivity (Wildman–Crippen MR) is 50.6 cm³/mol. The molecule has 66 valence electrons. The van der Waals surface area contributed by atoms with Gasteiger partial charge in [0.15, 0.2) is 0 Å². The normalized spacial score (nSPS) is 31.6. The van der Waals surface area contributed by atoms with Crippen molar-refractivity contribution < 1.29 is 0 Å². The third kappa shape index (κ3) is 1.98. The van der Waals surface area contributed by atoms with Crippen molar-refractivity contribution in [1.82, 2.24) is 0 Å². The second-order valence-corrected chi connectivity index (χ2v) is 4.15. The van der Waals surface area contributed by atoms with Gasteiger partial charge in [-0.25, -0.2) is 0 Å². The van der Waals surface area contributed by atoms with Gasteiger partial charge >= 0.3 is 0 Å². The van der Waals surface area contributed by atoms with E-state index in [2.05, 4.69) is 20.8 Å². The molecule has 0 nitrogen and oxygen atoms in total. The molecule has 0 unspecified atom stereocenters. The van der Waals surface area contributed by atoms with Crippen LogP contribution in [0.25, 0.3) is 0 Å². The van der Waals surface area contributed by atoms with E-state index in [9.17, 15) is 0 Å². The van der Waals surface area contributed by atoms with Gasteiger partial charge < -0.3 is 0 Å². The van der Waals surface area contributed by atoms with Crippen LogP contribution in [0.5, 0.6) is 0 Å². The van der Waals surface area contributed by atoms with Crippen LogP contribution in [0, 0.1) is 17.8 Å². The fourth-order valence-electron chi connectivity index (χ4n) is 2.77. The molecular formula is C11H22. The van der Waals surface area contributed by atoms with Gasteiger partial charge in [-0.05, 0) is 24.2 Å². The quantitative estimate of drug-likeness (QED) is 0.579. The third-order valence-electron chi connectivity index (χ3n) is 3.58. The van der Waals surface area contributed by atoms with Crippen LogP contribution in [0.4, 0.5) is 0 Å². The van der Waals surface area contributed by atoms with Crippen LogP contribution in [0.2, 0.25) is 0 Å². The molecule has 0 N–H and O–H groups in total. The van der Waals surface area contributed by atoms with E-state index in [1.54, 1.807) is 0 Å². The molecule has 1 aliphatic carbocycles. The van der Waals surface area contributed by atoms with Gasteiger partial charge in [0.25, 0.3) is 0 Å². The van der Waals surface area contributed by atoms with Crippen LogP contribution >= 0.6 is 0 Å². The van der Waals surface area contributed by atoms with Crippen molar-refractivity contribution in [3.63, 3.8) is 0 Å². The minimum Gasteiger partial charge on any atom is -0.0651 e. The molecule has 1 saturated carbocycles. The Morgan fingerprint density at radius 1 is 1.18 bits per heavy atom. The van der Waals surface area contributed by atoms with E-state index in [0.717, 1.165) is 17.8 Å². The van der Waals surface area contributed by atoms with Gasteiger partial charge in [-0.2, -0.15) is 0 Å². The van der Waals surface area contributed by atoms with Gasteiger partial charge in [0.2, 0.25) is 0 Å². The first-order valence-electron chi connectivity index (χ1n) is 5.29. The molecule has 1 aliphatic rings. The fraction of sp³-hybridized carbons (Fsp3) is 1.00. The van der Waals surface area contributed by atoms with Crippen molar-refractivity contribution in [2.45, 2.75) is 52.9 Å². The van der Waals surface area contributed by atoms with Gasteiger partial charge in [-0.15, -0.1) is 0 Å². The van der Waals surface area contributed by atoms with Crippen molar-refractivity contribution in [2.75, 3.05) is 0 Å². The minimum atomic E-state index is 1.01. The molecule has 0 bridgehead atoms. The molecule has 0 radical (unpaired) electrons. The highest BCUT2D eigenvalue weighted by Crippen LogP contribution is 2.39. The molecular weight excluding hydrogens is 132 g/mol. The van der Waals surface area contributed by atoms with E-state index in [1.165, 1.54) is 32.1 Å². The van der Waals surface area contributed by atoms with E-state index in [-0.39, 0.29) is 0 Å². The summed E-state index contributed by atoms with van der Waals surface area (Å²) in [5, 5.41) is 0. The van der Waals surface area contributed by atoms with Crippen molar-refractivity contribution in [3.8, 4) is 0 Å². The summed E-state index contributed by atoms with van der Waals surface area (Å²) >= 11 is 0. The molecule has 0 aliphatic heterocycles. The largest absolute Gasteiger partial charge is 0.0651 e. The lowest BCUT2D eigenvalue weighted by Crippen LogP contribution is -2.15. The Morgan fingerprint density at radius 2 is 1.82 bits per heavy atom. The Morgan fingerprint density at radius 3 is 2.18 bits per heavy atom. The SMILES string of the molecule is CCC(CC)[C@H]1CCC[C@H]1C. The first-order valence-corrected chi connectivity index (χ1v) is 5.29. The lowest BCUT2D eigenvalue weighted by molar-refractivity contribution is 0.260. The first-order chi connectivity index (χ1) is 5.29. The summed E-state index contributed by atoms with van der Waals surface area (Å²) in [4.78, 5) is 0. The highest BCUT2D eigenvalue weighted by atomic mass is 14.3. The topological polar surface area (TPSA) is 0 Å². The second kappa shape index (κ2) is 4.13. The van der Waals surface area contributed by atoms with E-state index in [1.807, 2.05) is 0 Å². The average Bonchev–Trinajstić information content (AvgIpc) is 2.40. The summed E-state index contributed by atoms with van der Waals surface area (Å²) in [6.07, 6.45) is 7.27. The van der Waals surface area contributed by atoms with Crippen LogP contribution in [0.15, 0.2) is 0 Å². The molecule has 0 amide bonds. The lowest BCUT2D eigenvalue weighted by Gasteiger charge is -2.24. The molecule has 0 aromatic rings. The van der Waals surface area contributed by atoms with Crippen LogP contribution < -0.4 is 0 Å². The van der Waals surface area contributed by atoms with Gasteiger partial charge in [0.1, 0.15) is 0 Å². The van der Waals surface area contributed by atoms with Gasteiger partial charge in [0.05, 0.1) is 0 Å². The molecule has 0 aromatic carbocycles. The van der Waals surface area contributed by atoms with E-state index >= 15 is 0 Å². The van der Waals surface area contributed by atoms with Gasteiger partial charge in [-0.3, -0.25) is 0 Å². The molecule has 1 fully saturated rings. The molecule has 1 rings (SSSR count). The maximum absolute atomic E-state index is 2.44. The summed E-state index contributed by atoms with van der Waals surface area (Å²) in [5.41, 5.74) is 0. The average molecular weight is 154 g/mol. The Hall–Kier alpha value is 0. The van der Waals surface area contributed by atoms with Gasteiger partial charge in [0, 0.05) is 0 Å². The molecule has 2 atom stereocenters. The fourth-order valence-corrected chi connectivity index (χ4v) is 2.77. The van der Waals surface area contributed by atoms with Crippen molar-refractivity contribution in [2.24, 2.45) is 17.8 Å². The van der Waals surface area contributed by atoms with Crippen LogP contribution in [0.1, 0.15) is 52.9 Å². The molecule has 0 spiro atoms. The summed E-state index contributed by atoms with van der Waals surface area (Å²) in [6, 6.07) is 0. The van der Waals surface area contributed by atoms with Crippen LogP contribution in [0.3, 0.4) is 0 Å². The zero-order valence-corrected chi connectivity index (χ0v) is 8.27. The molecule has 0 heteroatoms. The zero-order chi connectivity index (χ0) is 8.27. The number of hydrogen-bond donors (Lipinski definition) is 0. The van der Waals surface area contributed by atoms with Gasteiger partial charge in [-0.1, -0.05) is 46.5 Å². The first kappa shape index (κ1) is 9.09. The van der Waals surface area contributed by atoms with Crippen LogP contribution in [-0.2, 0) is 0 Å². The Kier molecular flexibility index (Phi) is 3.42. The highest BCUT2D eigenvalue weighted by molar-refractivity contribution is 4.79. The second-order valence-electron chi connectivity index (χ2n) is 4.15. The van der Waals surface area contributed by atoms with Crippen LogP contribution in [-0.4, -0.2) is 0 Å². The van der Waals surface area contributed by atoms with Crippen molar-refractivity contribution >= 4 is 0 Å². The maximum Gasteiger partial charge on any atom is -0.0360 e. The monoisotopic (exact) mass is 154 g/mol. The highest BCUT2D eigenvalue weighted by Gasteiger charge is 2.28. The number of rotatable bonds is 3. The summed E-state index contributed by atoms with van der Waals surface area (Å²) in [7, 11) is 0. The third-order valence-corrected chi connectivity index (χ3v) is 3.58. The van der Waals surface area contributed by atoms with E-state index < -0.39 is 0 Å². The smallest absolute Gasteiger partial charge is 0.0360 e. The predicted octanol–water partition coefficient (Wildman–Crippen LogP) is 3.86. The van der Waals surface area contributed by atoms with E-state index in [4.69, 9.17) is 0 Å². The molecule has 0 saturated heterocycles. The Bertz CT molecular complexity index is 103. The number of hydrogen-bond acceptors (Lipinski definition) is 0. The lowest BCUT2D eigenvalue weighted by atomic mass is 9.82. The minimum absolute atomic E-state index is 1.01. The molecule has 0 aromatic heterocycles.